The zero-order valence-electron chi connectivity index (χ0n) is 12.8. The Balaban J connectivity index is 1.62. The van der Waals surface area contributed by atoms with Crippen LogP contribution in [0, 0.1) is 18.3 Å². The van der Waals surface area contributed by atoms with Crippen LogP contribution in [0.3, 0.4) is 0 Å². The van der Waals surface area contributed by atoms with E-state index in [0.29, 0.717) is 17.8 Å². The van der Waals surface area contributed by atoms with Crippen LogP contribution >= 0.6 is 0 Å². The lowest BCUT2D eigenvalue weighted by atomic mass is 10.1. The summed E-state index contributed by atoms with van der Waals surface area (Å²) in [6, 6.07) is 3.72. The molecule has 0 atom stereocenters. The zero-order valence-corrected chi connectivity index (χ0v) is 12.8. The SMILES string of the molecule is Cc1cc(C#N)cnc1C(=O)NCC1(N2CCOCC2)CC1. The summed E-state index contributed by atoms with van der Waals surface area (Å²) in [7, 11) is 0. The maximum Gasteiger partial charge on any atom is 0.270 e. The maximum atomic E-state index is 12.3. The Morgan fingerprint density at radius 1 is 1.50 bits per heavy atom. The number of aromatic nitrogens is 1. The molecule has 1 aliphatic heterocycles. The minimum absolute atomic E-state index is 0.111. The molecule has 0 radical (unpaired) electrons. The fourth-order valence-electron chi connectivity index (χ4n) is 2.99. The van der Waals surface area contributed by atoms with E-state index in [9.17, 15) is 4.79 Å². The first-order valence-electron chi connectivity index (χ1n) is 7.62. The van der Waals surface area contributed by atoms with Crippen molar-refractivity contribution in [3.8, 4) is 6.07 Å². The van der Waals surface area contributed by atoms with Gasteiger partial charge in [-0.2, -0.15) is 5.26 Å². The molecule has 0 unspecified atom stereocenters. The fourth-order valence-corrected chi connectivity index (χ4v) is 2.99. The molecule has 2 fully saturated rings. The van der Waals surface area contributed by atoms with Gasteiger partial charge in [0.15, 0.2) is 0 Å². The van der Waals surface area contributed by atoms with Crippen molar-refractivity contribution in [1.82, 2.24) is 15.2 Å². The highest BCUT2D eigenvalue weighted by atomic mass is 16.5. The van der Waals surface area contributed by atoms with Crippen LogP contribution in [-0.2, 0) is 4.74 Å². The van der Waals surface area contributed by atoms with Crippen molar-refractivity contribution >= 4 is 5.91 Å². The van der Waals surface area contributed by atoms with E-state index >= 15 is 0 Å². The number of hydrogen-bond acceptors (Lipinski definition) is 5. The minimum atomic E-state index is -0.165. The van der Waals surface area contributed by atoms with Crippen LogP contribution in [0.15, 0.2) is 12.3 Å². The van der Waals surface area contributed by atoms with Gasteiger partial charge in [-0.25, -0.2) is 4.98 Å². The van der Waals surface area contributed by atoms with Gasteiger partial charge >= 0.3 is 0 Å². The van der Waals surface area contributed by atoms with E-state index in [-0.39, 0.29) is 11.4 Å². The van der Waals surface area contributed by atoms with Crippen molar-refractivity contribution in [1.29, 1.82) is 5.26 Å². The van der Waals surface area contributed by atoms with Crippen LogP contribution in [-0.4, -0.2) is 54.2 Å². The number of pyridine rings is 1. The third-order valence-electron chi connectivity index (χ3n) is 4.51. The van der Waals surface area contributed by atoms with E-state index in [1.807, 2.05) is 6.07 Å². The van der Waals surface area contributed by atoms with E-state index < -0.39 is 0 Å². The third kappa shape index (κ3) is 2.96. The topological polar surface area (TPSA) is 78.2 Å². The van der Waals surface area contributed by atoms with Gasteiger partial charge in [-0.05, 0) is 31.4 Å². The molecule has 2 heterocycles. The largest absolute Gasteiger partial charge is 0.379 e. The third-order valence-corrected chi connectivity index (χ3v) is 4.51. The number of amides is 1. The molecule has 0 bridgehead atoms. The number of hydrogen-bond donors (Lipinski definition) is 1. The molecular weight excluding hydrogens is 280 g/mol. The molecule has 1 aliphatic carbocycles. The molecule has 1 saturated heterocycles. The monoisotopic (exact) mass is 300 g/mol. The predicted octanol–water partition coefficient (Wildman–Crippen LogP) is 0.856. The first kappa shape index (κ1) is 14.9. The summed E-state index contributed by atoms with van der Waals surface area (Å²) in [6.45, 7) is 5.86. The normalized spacial score (nSPS) is 20.2. The van der Waals surface area contributed by atoms with Gasteiger partial charge in [0.25, 0.3) is 5.91 Å². The second kappa shape index (κ2) is 6.03. The first-order chi connectivity index (χ1) is 10.6. The number of carbonyl (C=O) groups excluding carboxylic acids is 1. The molecule has 1 aromatic rings. The number of ether oxygens (including phenoxy) is 1. The smallest absolute Gasteiger partial charge is 0.270 e. The highest BCUT2D eigenvalue weighted by Gasteiger charge is 2.48. The predicted molar refractivity (Wildman–Crippen MR) is 80.4 cm³/mol. The van der Waals surface area contributed by atoms with Crippen LogP contribution in [0.25, 0.3) is 0 Å². The number of nitrogens with one attached hydrogen (secondary N) is 1. The lowest BCUT2D eigenvalue weighted by Crippen LogP contribution is -2.50. The Kier molecular flexibility index (Phi) is 4.10. The molecule has 116 valence electrons. The second-order valence-corrected chi connectivity index (χ2v) is 6.01. The van der Waals surface area contributed by atoms with Crippen molar-refractivity contribution in [3.05, 3.63) is 29.1 Å². The van der Waals surface area contributed by atoms with Crippen LogP contribution in [0.5, 0.6) is 0 Å². The molecular formula is C16H20N4O2. The van der Waals surface area contributed by atoms with Crippen molar-refractivity contribution in [3.63, 3.8) is 0 Å². The average Bonchev–Trinajstić information content (AvgIpc) is 3.34. The van der Waals surface area contributed by atoms with Crippen molar-refractivity contribution in [2.24, 2.45) is 0 Å². The summed E-state index contributed by atoms with van der Waals surface area (Å²) in [6.07, 6.45) is 3.68. The lowest BCUT2D eigenvalue weighted by Gasteiger charge is -2.35. The van der Waals surface area contributed by atoms with Gasteiger partial charge in [0.1, 0.15) is 11.8 Å². The standard InChI is InChI=1S/C16H20N4O2/c1-12-8-13(9-17)10-18-14(12)15(21)19-11-16(2-3-16)20-4-6-22-7-5-20/h8,10H,2-7,11H2,1H3,(H,19,21). The summed E-state index contributed by atoms with van der Waals surface area (Å²) >= 11 is 0. The summed E-state index contributed by atoms with van der Waals surface area (Å²) in [4.78, 5) is 18.9. The van der Waals surface area contributed by atoms with Gasteiger partial charge in [-0.15, -0.1) is 0 Å². The number of morpholine rings is 1. The van der Waals surface area contributed by atoms with Crippen LogP contribution < -0.4 is 5.32 Å². The van der Waals surface area contributed by atoms with Crippen LogP contribution in [0.1, 0.15) is 34.5 Å². The summed E-state index contributed by atoms with van der Waals surface area (Å²) in [5, 5.41) is 11.9. The molecule has 0 aromatic carbocycles. The quantitative estimate of drug-likeness (QED) is 0.892. The Morgan fingerprint density at radius 3 is 2.82 bits per heavy atom. The molecule has 6 nitrogen and oxygen atoms in total. The van der Waals surface area contributed by atoms with Gasteiger partial charge in [0.2, 0.25) is 0 Å². The Bertz CT molecular complexity index is 613. The summed E-state index contributed by atoms with van der Waals surface area (Å²) in [5.41, 5.74) is 1.71. The zero-order chi connectivity index (χ0) is 15.6. The molecule has 1 N–H and O–H groups in total. The molecule has 0 spiro atoms. The number of aryl methyl sites for hydroxylation is 1. The Labute approximate surface area is 130 Å². The van der Waals surface area contributed by atoms with Crippen molar-refractivity contribution in [2.75, 3.05) is 32.8 Å². The second-order valence-electron chi connectivity index (χ2n) is 6.01. The molecule has 1 saturated carbocycles. The summed E-state index contributed by atoms with van der Waals surface area (Å²) < 4.78 is 5.39. The number of nitriles is 1. The molecule has 3 rings (SSSR count). The van der Waals surface area contributed by atoms with Crippen molar-refractivity contribution in [2.45, 2.75) is 25.3 Å². The van der Waals surface area contributed by atoms with Crippen LogP contribution in [0.2, 0.25) is 0 Å². The highest BCUT2D eigenvalue weighted by Crippen LogP contribution is 2.41. The highest BCUT2D eigenvalue weighted by molar-refractivity contribution is 5.93. The number of rotatable bonds is 4. The molecule has 2 aliphatic rings. The minimum Gasteiger partial charge on any atom is -0.379 e. The molecule has 22 heavy (non-hydrogen) atoms. The Morgan fingerprint density at radius 2 is 2.23 bits per heavy atom. The number of nitrogens with zero attached hydrogens (tertiary/aromatic N) is 3. The van der Waals surface area contributed by atoms with E-state index in [1.54, 1.807) is 13.0 Å². The first-order valence-corrected chi connectivity index (χ1v) is 7.62. The lowest BCUT2D eigenvalue weighted by molar-refractivity contribution is 0.00975. The molecule has 6 heteroatoms. The van der Waals surface area contributed by atoms with E-state index in [0.717, 1.165) is 44.7 Å². The van der Waals surface area contributed by atoms with Crippen LogP contribution in [0.4, 0.5) is 0 Å². The van der Waals surface area contributed by atoms with Gasteiger partial charge < -0.3 is 10.1 Å². The van der Waals surface area contributed by atoms with Gasteiger partial charge in [0, 0.05) is 31.4 Å². The van der Waals surface area contributed by atoms with Gasteiger partial charge in [-0.1, -0.05) is 0 Å². The van der Waals surface area contributed by atoms with Gasteiger partial charge in [0.05, 0.1) is 18.8 Å². The van der Waals surface area contributed by atoms with Crippen molar-refractivity contribution < 1.29 is 9.53 Å². The van der Waals surface area contributed by atoms with E-state index in [4.69, 9.17) is 10.00 Å². The maximum absolute atomic E-state index is 12.3. The van der Waals surface area contributed by atoms with Gasteiger partial charge in [-0.3, -0.25) is 9.69 Å². The summed E-state index contributed by atoms with van der Waals surface area (Å²) in [5.74, 6) is -0.165. The van der Waals surface area contributed by atoms with E-state index in [2.05, 4.69) is 15.2 Å². The fraction of sp³-hybridized carbons (Fsp3) is 0.562. The molecule has 1 amide bonds. The average molecular weight is 300 g/mol. The molecule has 1 aromatic heterocycles. The van der Waals surface area contributed by atoms with E-state index in [1.165, 1.54) is 6.20 Å². The Hall–Kier alpha value is -1.97. The number of carbonyl (C=O) groups is 1.